The van der Waals surface area contributed by atoms with Crippen LogP contribution >= 0.6 is 0 Å². The molecule has 27 heavy (non-hydrogen) atoms. The van der Waals surface area contributed by atoms with E-state index >= 15 is 0 Å². The van der Waals surface area contributed by atoms with Crippen molar-refractivity contribution in [1.82, 2.24) is 18.7 Å². The number of allylic oxidation sites excluding steroid dienone is 1. The van der Waals surface area contributed by atoms with Crippen LogP contribution in [-0.2, 0) is 20.1 Å². The Balaban J connectivity index is 2.29. The number of fused-ring (bicyclic) bond motifs is 1. The molecule has 0 saturated heterocycles. The maximum Gasteiger partial charge on any atom is 0.332 e. The van der Waals surface area contributed by atoms with Gasteiger partial charge in [0.1, 0.15) is 5.82 Å². The lowest BCUT2D eigenvalue weighted by Gasteiger charge is -2.10. The molecule has 0 saturated carbocycles. The Bertz CT molecular complexity index is 1100. The van der Waals surface area contributed by atoms with Gasteiger partial charge in [-0.1, -0.05) is 44.2 Å². The number of hydrogen-bond acceptors (Lipinski definition) is 3. The second kappa shape index (κ2) is 7.78. The highest BCUT2D eigenvalue weighted by Gasteiger charge is 2.20. The summed E-state index contributed by atoms with van der Waals surface area (Å²) in [7, 11) is 1.84. The Morgan fingerprint density at radius 1 is 1.04 bits per heavy atom. The predicted octanol–water partition coefficient (Wildman–Crippen LogP) is 3.28. The van der Waals surface area contributed by atoms with Crippen molar-refractivity contribution < 1.29 is 0 Å². The van der Waals surface area contributed by atoms with Gasteiger partial charge >= 0.3 is 5.69 Å². The third kappa shape index (κ3) is 3.39. The van der Waals surface area contributed by atoms with Gasteiger partial charge in [-0.05, 0) is 37.0 Å². The third-order valence-electron chi connectivity index (χ3n) is 4.67. The molecular formula is C21H26N4O2. The Hall–Kier alpha value is -2.89. The largest absolute Gasteiger partial charge is 0.332 e. The van der Waals surface area contributed by atoms with Crippen molar-refractivity contribution in [2.24, 2.45) is 7.05 Å². The molecule has 0 aliphatic rings. The van der Waals surface area contributed by atoms with Crippen LogP contribution in [-0.4, -0.2) is 18.7 Å². The highest BCUT2D eigenvalue weighted by molar-refractivity contribution is 5.82. The molecule has 2 aromatic heterocycles. The molecule has 0 spiro atoms. The second-order valence-corrected chi connectivity index (χ2v) is 6.80. The van der Waals surface area contributed by atoms with Crippen LogP contribution in [0.1, 0.15) is 45.0 Å². The molecule has 0 bridgehead atoms. The van der Waals surface area contributed by atoms with Crippen LogP contribution in [0.3, 0.4) is 0 Å². The summed E-state index contributed by atoms with van der Waals surface area (Å²) in [6, 6.07) is 9.98. The number of rotatable bonds is 6. The first kappa shape index (κ1) is 18.9. The summed E-state index contributed by atoms with van der Waals surface area (Å²) in [5.41, 5.74) is 2.42. The average molecular weight is 366 g/mol. The summed E-state index contributed by atoms with van der Waals surface area (Å²) in [6.45, 7) is 6.90. The normalized spacial score (nSPS) is 12.1. The smallest absolute Gasteiger partial charge is 0.322 e. The number of nitrogens with zero attached hydrogens (tertiary/aromatic N) is 4. The summed E-state index contributed by atoms with van der Waals surface area (Å²) in [4.78, 5) is 30.5. The number of imidazole rings is 1. The fourth-order valence-electron chi connectivity index (χ4n) is 3.42. The third-order valence-corrected chi connectivity index (χ3v) is 4.67. The van der Waals surface area contributed by atoms with Crippen LogP contribution in [0, 0.1) is 0 Å². The highest BCUT2D eigenvalue weighted by atomic mass is 16.2. The molecular weight excluding hydrogens is 340 g/mol. The molecule has 0 aliphatic heterocycles. The summed E-state index contributed by atoms with van der Waals surface area (Å²) >= 11 is 0. The molecule has 1 aromatic carbocycles. The fourth-order valence-corrected chi connectivity index (χ4v) is 3.42. The zero-order valence-electron chi connectivity index (χ0n) is 16.4. The van der Waals surface area contributed by atoms with Crippen molar-refractivity contribution in [3.8, 4) is 0 Å². The molecule has 0 amide bonds. The summed E-state index contributed by atoms with van der Waals surface area (Å²) in [5.74, 6) is 0.699. The quantitative estimate of drug-likeness (QED) is 0.673. The minimum Gasteiger partial charge on any atom is -0.322 e. The second-order valence-electron chi connectivity index (χ2n) is 6.80. The molecule has 3 aromatic rings. The topological polar surface area (TPSA) is 61.8 Å². The highest BCUT2D eigenvalue weighted by Crippen LogP contribution is 2.20. The Morgan fingerprint density at radius 2 is 1.67 bits per heavy atom. The van der Waals surface area contributed by atoms with E-state index in [1.165, 1.54) is 4.57 Å². The monoisotopic (exact) mass is 366 g/mol. The van der Waals surface area contributed by atoms with E-state index in [2.05, 4.69) is 0 Å². The maximum absolute atomic E-state index is 13.0. The molecule has 0 N–H and O–H groups in total. The van der Waals surface area contributed by atoms with Gasteiger partial charge in [0.05, 0.1) is 0 Å². The SMILES string of the molecule is CCCn1c(=O)c2c(nc(/C(C)=C/c3ccccc3)n2C)n(CCC)c1=O. The molecule has 3 rings (SSSR count). The Labute approximate surface area is 158 Å². The molecule has 2 heterocycles. The van der Waals surface area contributed by atoms with E-state index in [1.54, 1.807) is 4.57 Å². The molecule has 6 heteroatoms. The molecule has 142 valence electrons. The van der Waals surface area contributed by atoms with E-state index in [-0.39, 0.29) is 11.2 Å². The van der Waals surface area contributed by atoms with Gasteiger partial charge in [-0.15, -0.1) is 0 Å². The lowest BCUT2D eigenvalue weighted by atomic mass is 10.1. The van der Waals surface area contributed by atoms with Gasteiger partial charge in [0.25, 0.3) is 5.56 Å². The predicted molar refractivity (Wildman–Crippen MR) is 110 cm³/mol. The van der Waals surface area contributed by atoms with E-state index in [0.29, 0.717) is 30.1 Å². The van der Waals surface area contributed by atoms with E-state index in [9.17, 15) is 9.59 Å². The van der Waals surface area contributed by atoms with Gasteiger partial charge in [0.15, 0.2) is 11.2 Å². The van der Waals surface area contributed by atoms with Crippen molar-refractivity contribution in [3.63, 3.8) is 0 Å². The standard InChI is InChI=1S/C21H26N4O2/c1-5-12-24-19-17(20(26)25(13-6-2)21(24)27)23(4)18(22-19)15(3)14-16-10-8-7-9-11-16/h7-11,14H,5-6,12-13H2,1-4H3/b15-14+. The molecule has 0 fully saturated rings. The van der Waals surface area contributed by atoms with Crippen LogP contribution in [0.5, 0.6) is 0 Å². The number of hydrogen-bond donors (Lipinski definition) is 0. The first-order valence-corrected chi connectivity index (χ1v) is 9.43. The van der Waals surface area contributed by atoms with E-state index < -0.39 is 0 Å². The first-order valence-electron chi connectivity index (χ1n) is 9.43. The van der Waals surface area contributed by atoms with Crippen LogP contribution in [0.25, 0.3) is 22.8 Å². The van der Waals surface area contributed by atoms with Gasteiger partial charge in [-0.2, -0.15) is 0 Å². The zero-order valence-corrected chi connectivity index (χ0v) is 16.4. The summed E-state index contributed by atoms with van der Waals surface area (Å²) < 4.78 is 4.77. The van der Waals surface area contributed by atoms with Crippen LogP contribution < -0.4 is 11.2 Å². The van der Waals surface area contributed by atoms with Gasteiger partial charge in [0, 0.05) is 20.1 Å². The van der Waals surface area contributed by atoms with E-state index in [0.717, 1.165) is 24.0 Å². The van der Waals surface area contributed by atoms with Crippen LogP contribution in [0.2, 0.25) is 0 Å². The zero-order chi connectivity index (χ0) is 19.6. The van der Waals surface area contributed by atoms with Crippen LogP contribution in [0.15, 0.2) is 39.9 Å². The summed E-state index contributed by atoms with van der Waals surface area (Å²) in [6.07, 6.45) is 3.56. The van der Waals surface area contributed by atoms with Crippen molar-refractivity contribution >= 4 is 22.8 Å². The van der Waals surface area contributed by atoms with Crippen molar-refractivity contribution in [2.45, 2.75) is 46.7 Å². The van der Waals surface area contributed by atoms with E-state index in [1.807, 2.05) is 68.8 Å². The molecule has 6 nitrogen and oxygen atoms in total. The Kier molecular flexibility index (Phi) is 5.44. The number of aryl methyl sites for hydroxylation is 2. The average Bonchev–Trinajstić information content (AvgIpc) is 3.00. The Morgan fingerprint density at radius 3 is 2.30 bits per heavy atom. The number of aromatic nitrogens is 4. The molecule has 0 aliphatic carbocycles. The maximum atomic E-state index is 13.0. The van der Waals surface area contributed by atoms with Crippen molar-refractivity contribution in [3.05, 3.63) is 62.6 Å². The molecule has 0 radical (unpaired) electrons. The minimum absolute atomic E-state index is 0.266. The fraction of sp³-hybridized carbons (Fsp3) is 0.381. The van der Waals surface area contributed by atoms with Gasteiger partial charge < -0.3 is 4.57 Å². The molecule has 0 unspecified atom stereocenters. The lowest BCUT2D eigenvalue weighted by molar-refractivity contribution is 0.554. The molecule has 0 atom stereocenters. The minimum atomic E-state index is -0.273. The van der Waals surface area contributed by atoms with Crippen molar-refractivity contribution in [1.29, 1.82) is 0 Å². The summed E-state index contributed by atoms with van der Waals surface area (Å²) in [5, 5.41) is 0. The van der Waals surface area contributed by atoms with Gasteiger partial charge in [-0.25, -0.2) is 9.78 Å². The van der Waals surface area contributed by atoms with Gasteiger partial charge in [0.2, 0.25) is 0 Å². The van der Waals surface area contributed by atoms with E-state index in [4.69, 9.17) is 4.98 Å². The lowest BCUT2D eigenvalue weighted by Crippen LogP contribution is -2.40. The van der Waals surface area contributed by atoms with Crippen LogP contribution in [0.4, 0.5) is 0 Å². The number of benzene rings is 1. The van der Waals surface area contributed by atoms with Crippen molar-refractivity contribution in [2.75, 3.05) is 0 Å². The van der Waals surface area contributed by atoms with Gasteiger partial charge in [-0.3, -0.25) is 13.9 Å². The first-order chi connectivity index (χ1) is 13.0.